The van der Waals surface area contributed by atoms with Gasteiger partial charge in [0, 0.05) is 0 Å². The molecule has 0 aromatic rings. The third kappa shape index (κ3) is 5.92. The van der Waals surface area contributed by atoms with E-state index in [1.54, 1.807) is 6.92 Å². The first-order valence-corrected chi connectivity index (χ1v) is 6.57. The average Bonchev–Trinajstić information content (AvgIpc) is 2.94. The second kappa shape index (κ2) is 6.75. The predicted molar refractivity (Wildman–Crippen MR) is 73.7 cm³/mol. The first kappa shape index (κ1) is 15.8. The predicted octanol–water partition coefficient (Wildman–Crippen LogP) is 2.98. The lowest BCUT2D eigenvalue weighted by molar-refractivity contribution is -0.135. The van der Waals surface area contributed by atoms with E-state index in [0.29, 0.717) is 18.5 Å². The Labute approximate surface area is 115 Å². The molecule has 19 heavy (non-hydrogen) atoms. The van der Waals surface area contributed by atoms with Crippen LogP contribution in [0.5, 0.6) is 0 Å². The monoisotopic (exact) mass is 268 g/mol. The van der Waals surface area contributed by atoms with Crippen molar-refractivity contribution >= 4 is 5.97 Å². The molecule has 108 valence electrons. The summed E-state index contributed by atoms with van der Waals surface area (Å²) in [6, 6.07) is 0. The highest BCUT2D eigenvalue weighted by Gasteiger charge is 2.46. The molecule has 1 rings (SSSR count). The van der Waals surface area contributed by atoms with Crippen molar-refractivity contribution in [2.75, 3.05) is 13.7 Å². The molecule has 0 saturated carbocycles. The zero-order chi connectivity index (χ0) is 14.5. The summed E-state index contributed by atoms with van der Waals surface area (Å²) in [4.78, 5) is 11.0. The van der Waals surface area contributed by atoms with Crippen molar-refractivity contribution in [2.45, 2.75) is 52.2 Å². The van der Waals surface area contributed by atoms with Crippen LogP contribution < -0.4 is 0 Å². The van der Waals surface area contributed by atoms with Crippen LogP contribution in [0.4, 0.5) is 0 Å². The Morgan fingerprint density at radius 1 is 1.37 bits per heavy atom. The fourth-order valence-corrected chi connectivity index (χ4v) is 1.78. The maximum atomic E-state index is 11.0. The third-order valence-corrected chi connectivity index (χ3v) is 3.23. The molecule has 0 unspecified atom stereocenters. The van der Waals surface area contributed by atoms with Crippen molar-refractivity contribution < 1.29 is 19.0 Å². The summed E-state index contributed by atoms with van der Waals surface area (Å²) < 4.78 is 15.5. The van der Waals surface area contributed by atoms with E-state index in [1.165, 1.54) is 18.8 Å². The van der Waals surface area contributed by atoms with Crippen LogP contribution in [0.2, 0.25) is 0 Å². The van der Waals surface area contributed by atoms with E-state index in [4.69, 9.17) is 9.47 Å². The molecule has 0 aliphatic carbocycles. The summed E-state index contributed by atoms with van der Waals surface area (Å²) in [5.41, 5.74) is 1.34. The van der Waals surface area contributed by atoms with Crippen molar-refractivity contribution in [3.8, 4) is 0 Å². The van der Waals surface area contributed by atoms with Gasteiger partial charge >= 0.3 is 5.97 Å². The third-order valence-electron chi connectivity index (χ3n) is 3.23. The van der Waals surface area contributed by atoms with Crippen LogP contribution >= 0.6 is 0 Å². The maximum absolute atomic E-state index is 11.0. The Balaban J connectivity index is 2.21. The number of allylic oxidation sites excluding steroid dienone is 2. The van der Waals surface area contributed by atoms with Crippen molar-refractivity contribution in [3.05, 3.63) is 23.5 Å². The second-order valence-electron chi connectivity index (χ2n) is 5.39. The summed E-state index contributed by atoms with van der Waals surface area (Å²) in [7, 11) is 1.34. The quantitative estimate of drug-likeness (QED) is 0.234. The van der Waals surface area contributed by atoms with E-state index in [9.17, 15) is 4.79 Å². The minimum absolute atomic E-state index is 0.0661. The van der Waals surface area contributed by atoms with Gasteiger partial charge in [0.05, 0.1) is 24.9 Å². The number of methoxy groups -OCH3 is 1. The lowest BCUT2D eigenvalue weighted by Crippen LogP contribution is -2.02. The molecular formula is C15H24O4. The molecular weight excluding hydrogens is 244 g/mol. The molecule has 1 atom stereocenters. The average molecular weight is 268 g/mol. The summed E-state index contributed by atoms with van der Waals surface area (Å²) in [6.45, 7) is 8.51. The van der Waals surface area contributed by atoms with Crippen LogP contribution in [0.15, 0.2) is 23.5 Å². The van der Waals surface area contributed by atoms with Gasteiger partial charge in [-0.1, -0.05) is 5.57 Å². The molecule has 1 aliphatic heterocycles. The van der Waals surface area contributed by atoms with E-state index >= 15 is 0 Å². The van der Waals surface area contributed by atoms with Crippen molar-refractivity contribution in [1.82, 2.24) is 0 Å². The molecule has 4 heteroatoms. The minimum Gasteiger partial charge on any atom is -0.494 e. The molecule has 0 radical (unpaired) electrons. The number of hydrogen-bond acceptors (Lipinski definition) is 4. The lowest BCUT2D eigenvalue weighted by Gasteiger charge is -2.04. The van der Waals surface area contributed by atoms with Crippen LogP contribution in [0.3, 0.4) is 0 Å². The Morgan fingerprint density at radius 3 is 2.53 bits per heavy atom. The van der Waals surface area contributed by atoms with Gasteiger partial charge in [0.25, 0.3) is 0 Å². The number of carbonyl (C=O) groups excluding carboxylic acids is 1. The van der Waals surface area contributed by atoms with Crippen LogP contribution in [-0.2, 0) is 19.0 Å². The summed E-state index contributed by atoms with van der Waals surface area (Å²) in [5, 5.41) is 0. The molecule has 0 spiro atoms. The van der Waals surface area contributed by atoms with Gasteiger partial charge in [-0.3, -0.25) is 0 Å². The normalized spacial score (nSPS) is 22.1. The molecule has 4 nitrogen and oxygen atoms in total. The highest BCUT2D eigenvalue weighted by Crippen LogP contribution is 2.38. The van der Waals surface area contributed by atoms with Gasteiger partial charge in [0.15, 0.2) is 0 Å². The second-order valence-corrected chi connectivity index (χ2v) is 5.39. The van der Waals surface area contributed by atoms with Crippen molar-refractivity contribution in [1.29, 1.82) is 0 Å². The molecule has 0 amide bonds. The van der Waals surface area contributed by atoms with Gasteiger partial charge in [-0.25, -0.2) is 4.79 Å². The van der Waals surface area contributed by atoms with Crippen molar-refractivity contribution in [2.24, 2.45) is 0 Å². The molecule has 1 heterocycles. The van der Waals surface area contributed by atoms with Crippen LogP contribution in [0.1, 0.15) is 40.5 Å². The number of rotatable bonds is 7. The Bertz CT molecular complexity index is 380. The van der Waals surface area contributed by atoms with E-state index in [0.717, 1.165) is 12.8 Å². The molecule has 0 aromatic carbocycles. The largest absolute Gasteiger partial charge is 0.494 e. The molecule has 1 fully saturated rings. The number of esters is 1. The molecule has 0 aromatic heterocycles. The Kier molecular flexibility index (Phi) is 5.60. The van der Waals surface area contributed by atoms with Gasteiger partial charge in [0.1, 0.15) is 12.4 Å². The van der Waals surface area contributed by atoms with Crippen molar-refractivity contribution in [3.63, 3.8) is 0 Å². The first-order chi connectivity index (χ1) is 8.85. The fourth-order valence-electron chi connectivity index (χ4n) is 1.78. The Morgan fingerprint density at radius 2 is 2.00 bits per heavy atom. The van der Waals surface area contributed by atoms with Crippen LogP contribution in [0.25, 0.3) is 0 Å². The number of ether oxygens (including phenoxy) is 3. The molecule has 1 saturated heterocycles. The van der Waals surface area contributed by atoms with E-state index in [-0.39, 0.29) is 5.60 Å². The molecule has 0 N–H and O–H groups in total. The fraction of sp³-hybridized carbons (Fsp3) is 0.667. The standard InChI is InChI=1S/C15H24O4/c1-11(6-7-13-15(3,4)19-13)8-9-18-12(2)10-14(16)17-5/h8,10,13H,6-7,9H2,1-5H3/b11-8+,12-10+/t13-/m1/s1. The smallest absolute Gasteiger partial charge is 0.333 e. The minimum atomic E-state index is -0.397. The van der Waals surface area contributed by atoms with Gasteiger partial charge < -0.3 is 14.2 Å². The maximum Gasteiger partial charge on any atom is 0.333 e. The van der Waals surface area contributed by atoms with E-state index in [1.807, 2.05) is 6.08 Å². The number of hydrogen-bond donors (Lipinski definition) is 0. The van der Waals surface area contributed by atoms with E-state index in [2.05, 4.69) is 25.5 Å². The molecule has 1 aliphatic rings. The van der Waals surface area contributed by atoms with Crippen LogP contribution in [0, 0.1) is 0 Å². The highest BCUT2D eigenvalue weighted by molar-refractivity contribution is 5.82. The van der Waals surface area contributed by atoms with Gasteiger partial charge in [-0.2, -0.15) is 0 Å². The first-order valence-electron chi connectivity index (χ1n) is 6.57. The van der Waals surface area contributed by atoms with Gasteiger partial charge in [-0.15, -0.1) is 0 Å². The summed E-state index contributed by atoms with van der Waals surface area (Å²) >= 11 is 0. The van der Waals surface area contributed by atoms with Crippen LogP contribution in [-0.4, -0.2) is 31.4 Å². The number of epoxide rings is 1. The Hall–Kier alpha value is -1.29. The summed E-state index contributed by atoms with van der Waals surface area (Å²) in [5.74, 6) is 0.161. The molecule has 0 bridgehead atoms. The lowest BCUT2D eigenvalue weighted by atomic mass is 10.0. The zero-order valence-electron chi connectivity index (χ0n) is 12.5. The zero-order valence-corrected chi connectivity index (χ0v) is 12.5. The SMILES string of the molecule is COC(=O)/C=C(\C)OC/C=C(\C)CC[C@H]1OC1(C)C. The van der Waals surface area contributed by atoms with Gasteiger partial charge in [-0.05, 0) is 46.6 Å². The van der Waals surface area contributed by atoms with E-state index < -0.39 is 5.97 Å². The highest BCUT2D eigenvalue weighted by atomic mass is 16.6. The number of carbonyl (C=O) groups is 1. The van der Waals surface area contributed by atoms with Gasteiger partial charge in [0.2, 0.25) is 0 Å². The topological polar surface area (TPSA) is 48.1 Å². The summed E-state index contributed by atoms with van der Waals surface area (Å²) in [6.07, 6.45) is 5.81.